The van der Waals surface area contributed by atoms with Crippen molar-refractivity contribution in [1.82, 2.24) is 9.13 Å². The van der Waals surface area contributed by atoms with Gasteiger partial charge in [0, 0.05) is 11.1 Å². The van der Waals surface area contributed by atoms with Gasteiger partial charge in [-0.15, -0.1) is 0 Å². The van der Waals surface area contributed by atoms with Gasteiger partial charge < -0.3 is 5.32 Å². The fraction of sp³-hybridized carbons (Fsp3) is 0.250. The Balaban J connectivity index is 2.06. The first-order valence-electron chi connectivity index (χ1n) is 8.82. The number of hydrogen-bond acceptors (Lipinski definition) is 3. The van der Waals surface area contributed by atoms with E-state index in [1.165, 1.54) is 16.7 Å². The number of carbonyl (C=O) groups is 1. The third-order valence-electron chi connectivity index (χ3n) is 4.62. The van der Waals surface area contributed by atoms with Crippen LogP contribution < -0.4 is 16.6 Å². The van der Waals surface area contributed by atoms with Crippen molar-refractivity contribution in [2.45, 2.75) is 32.9 Å². The fourth-order valence-electron chi connectivity index (χ4n) is 2.99. The predicted octanol–water partition coefficient (Wildman–Crippen LogP) is 3.57. The number of carbonyl (C=O) groups excluding carboxylic acids is 1. The summed E-state index contributed by atoms with van der Waals surface area (Å²) in [5, 5.41) is 2.98. The number of amides is 1. The van der Waals surface area contributed by atoms with Gasteiger partial charge in [-0.2, -0.15) is 0 Å². The Kier molecular flexibility index (Phi) is 5.65. The second kappa shape index (κ2) is 7.98. The van der Waals surface area contributed by atoms with E-state index >= 15 is 0 Å². The van der Waals surface area contributed by atoms with Crippen LogP contribution in [0.3, 0.4) is 0 Å². The van der Waals surface area contributed by atoms with Gasteiger partial charge in [-0.05, 0) is 43.7 Å². The number of benzene rings is 2. The number of nitrogens with zero attached hydrogens (tertiary/aromatic N) is 2. The van der Waals surface area contributed by atoms with Crippen LogP contribution in [0.15, 0.2) is 52.1 Å². The number of hydrogen-bond donors (Lipinski definition) is 1. The number of anilines is 1. The average molecular weight is 404 g/mol. The SMILES string of the molecule is CCC(C)n1c(=O)c2ccccc2n(CC(=O)Nc2ccc(Cl)cc2F)c1=O. The van der Waals surface area contributed by atoms with Crippen LogP contribution in [0.1, 0.15) is 26.3 Å². The van der Waals surface area contributed by atoms with Gasteiger partial charge in [0.15, 0.2) is 0 Å². The predicted molar refractivity (Wildman–Crippen MR) is 108 cm³/mol. The molecule has 2 aromatic carbocycles. The first-order valence-corrected chi connectivity index (χ1v) is 9.20. The van der Waals surface area contributed by atoms with E-state index in [2.05, 4.69) is 5.32 Å². The summed E-state index contributed by atoms with van der Waals surface area (Å²) >= 11 is 5.71. The lowest BCUT2D eigenvalue weighted by Crippen LogP contribution is -2.43. The molecule has 1 N–H and O–H groups in total. The molecule has 146 valence electrons. The van der Waals surface area contributed by atoms with Crippen LogP contribution in [-0.2, 0) is 11.3 Å². The molecule has 3 rings (SSSR count). The van der Waals surface area contributed by atoms with Crippen molar-refractivity contribution in [3.05, 3.63) is 74.1 Å². The molecule has 1 aromatic heterocycles. The molecule has 1 heterocycles. The number of para-hydroxylation sites is 1. The van der Waals surface area contributed by atoms with Crippen LogP contribution in [0.25, 0.3) is 10.9 Å². The lowest BCUT2D eigenvalue weighted by molar-refractivity contribution is -0.116. The Morgan fingerprint density at radius 1 is 1.21 bits per heavy atom. The fourth-order valence-corrected chi connectivity index (χ4v) is 3.15. The van der Waals surface area contributed by atoms with Crippen molar-refractivity contribution in [2.75, 3.05) is 5.32 Å². The highest BCUT2D eigenvalue weighted by molar-refractivity contribution is 6.30. The molecule has 0 fully saturated rings. The smallest absolute Gasteiger partial charge is 0.322 e. The van der Waals surface area contributed by atoms with E-state index in [9.17, 15) is 18.8 Å². The highest BCUT2D eigenvalue weighted by Gasteiger charge is 2.18. The van der Waals surface area contributed by atoms with Crippen molar-refractivity contribution >= 4 is 34.1 Å². The van der Waals surface area contributed by atoms with Crippen molar-refractivity contribution in [3.63, 3.8) is 0 Å². The summed E-state index contributed by atoms with van der Waals surface area (Å²) in [5.74, 6) is -1.27. The third-order valence-corrected chi connectivity index (χ3v) is 4.85. The van der Waals surface area contributed by atoms with Gasteiger partial charge >= 0.3 is 5.69 Å². The van der Waals surface area contributed by atoms with E-state index in [1.807, 2.05) is 6.92 Å². The van der Waals surface area contributed by atoms with Crippen molar-refractivity contribution in [1.29, 1.82) is 0 Å². The monoisotopic (exact) mass is 403 g/mol. The van der Waals surface area contributed by atoms with Crippen LogP contribution in [-0.4, -0.2) is 15.0 Å². The summed E-state index contributed by atoms with van der Waals surface area (Å²) < 4.78 is 16.3. The number of nitrogens with one attached hydrogen (secondary N) is 1. The summed E-state index contributed by atoms with van der Waals surface area (Å²) in [7, 11) is 0. The molecule has 1 amide bonds. The zero-order chi connectivity index (χ0) is 20.4. The van der Waals surface area contributed by atoms with Crippen molar-refractivity contribution < 1.29 is 9.18 Å². The molecule has 0 spiro atoms. The molecule has 1 atom stereocenters. The van der Waals surface area contributed by atoms with Crippen molar-refractivity contribution in [2.24, 2.45) is 0 Å². The van der Waals surface area contributed by atoms with Gasteiger partial charge in [0.1, 0.15) is 12.4 Å². The molecule has 1 unspecified atom stereocenters. The van der Waals surface area contributed by atoms with Gasteiger partial charge in [0.05, 0.1) is 16.6 Å². The van der Waals surface area contributed by atoms with Crippen LogP contribution in [0.4, 0.5) is 10.1 Å². The Hall–Kier alpha value is -2.93. The molecule has 0 aliphatic carbocycles. The van der Waals surface area contributed by atoms with Crippen molar-refractivity contribution in [3.8, 4) is 0 Å². The lowest BCUT2D eigenvalue weighted by Gasteiger charge is -2.17. The quantitative estimate of drug-likeness (QED) is 0.707. The average Bonchev–Trinajstić information content (AvgIpc) is 2.67. The standard InChI is InChI=1S/C20H19ClFN3O3/c1-3-12(2)25-19(27)14-6-4-5-7-17(14)24(20(25)28)11-18(26)23-16-9-8-13(21)10-15(16)22/h4-10,12H,3,11H2,1-2H3,(H,23,26). The molecular formula is C20H19ClFN3O3. The second-order valence-corrected chi connectivity index (χ2v) is 6.93. The molecule has 28 heavy (non-hydrogen) atoms. The maximum atomic E-state index is 13.9. The van der Waals surface area contributed by atoms with E-state index in [1.54, 1.807) is 31.2 Å². The maximum Gasteiger partial charge on any atom is 0.332 e. The van der Waals surface area contributed by atoms with E-state index in [-0.39, 0.29) is 23.3 Å². The summed E-state index contributed by atoms with van der Waals surface area (Å²) in [6, 6.07) is 10.2. The first-order chi connectivity index (χ1) is 13.3. The van der Waals surface area contributed by atoms with Gasteiger partial charge in [-0.1, -0.05) is 30.7 Å². The number of fused-ring (bicyclic) bond motifs is 1. The normalized spacial score (nSPS) is 12.1. The largest absolute Gasteiger partial charge is 0.332 e. The Bertz CT molecular complexity index is 1170. The van der Waals surface area contributed by atoms with Crippen LogP contribution >= 0.6 is 11.6 Å². The summed E-state index contributed by atoms with van der Waals surface area (Å²) in [5.41, 5.74) is -0.661. The second-order valence-electron chi connectivity index (χ2n) is 6.49. The summed E-state index contributed by atoms with van der Waals surface area (Å²) in [4.78, 5) is 38.2. The maximum absolute atomic E-state index is 13.9. The number of rotatable bonds is 5. The van der Waals surface area contributed by atoms with Gasteiger partial charge in [0.2, 0.25) is 5.91 Å². The number of aromatic nitrogens is 2. The van der Waals surface area contributed by atoms with E-state index in [0.29, 0.717) is 17.3 Å². The topological polar surface area (TPSA) is 73.1 Å². The minimum absolute atomic E-state index is 0.0398. The third kappa shape index (κ3) is 3.71. The molecular weight excluding hydrogens is 385 g/mol. The zero-order valence-corrected chi connectivity index (χ0v) is 16.2. The molecule has 8 heteroatoms. The Labute approximate surface area is 165 Å². The Morgan fingerprint density at radius 3 is 2.61 bits per heavy atom. The van der Waals surface area contributed by atoms with Crippen LogP contribution in [0.2, 0.25) is 5.02 Å². The highest BCUT2D eigenvalue weighted by atomic mass is 35.5. The minimum atomic E-state index is -0.678. The van der Waals surface area contributed by atoms with Gasteiger partial charge in [0.25, 0.3) is 5.56 Å². The van der Waals surface area contributed by atoms with Gasteiger partial charge in [-0.3, -0.25) is 18.7 Å². The van der Waals surface area contributed by atoms with E-state index in [0.717, 1.165) is 10.6 Å². The molecule has 0 aliphatic heterocycles. The molecule has 0 saturated heterocycles. The summed E-state index contributed by atoms with van der Waals surface area (Å²) in [6.07, 6.45) is 0.579. The molecule has 3 aromatic rings. The minimum Gasteiger partial charge on any atom is -0.322 e. The van der Waals surface area contributed by atoms with E-state index in [4.69, 9.17) is 11.6 Å². The van der Waals surface area contributed by atoms with Crippen LogP contribution in [0, 0.1) is 5.82 Å². The zero-order valence-electron chi connectivity index (χ0n) is 15.4. The van der Waals surface area contributed by atoms with Crippen LogP contribution in [0.5, 0.6) is 0 Å². The molecule has 0 aliphatic rings. The lowest BCUT2D eigenvalue weighted by atomic mass is 10.2. The molecule has 0 saturated carbocycles. The number of halogens is 2. The highest BCUT2D eigenvalue weighted by Crippen LogP contribution is 2.19. The molecule has 0 bridgehead atoms. The van der Waals surface area contributed by atoms with Gasteiger partial charge in [-0.25, -0.2) is 9.18 Å². The Morgan fingerprint density at radius 2 is 1.93 bits per heavy atom. The summed E-state index contributed by atoms with van der Waals surface area (Å²) in [6.45, 7) is 3.27. The van der Waals surface area contributed by atoms with E-state index < -0.39 is 23.0 Å². The molecule has 6 nitrogen and oxygen atoms in total. The first kappa shape index (κ1) is 19.8. The molecule has 0 radical (unpaired) electrons.